The Kier molecular flexibility index (Phi) is 3.62. The van der Waals surface area contributed by atoms with Gasteiger partial charge in [-0.3, -0.25) is 9.78 Å². The van der Waals surface area contributed by atoms with E-state index >= 15 is 0 Å². The molecule has 86 valence electrons. The summed E-state index contributed by atoms with van der Waals surface area (Å²) in [6.07, 6.45) is 8.86. The van der Waals surface area contributed by atoms with Crippen LogP contribution in [0.4, 0.5) is 0 Å². The van der Waals surface area contributed by atoms with Crippen LogP contribution in [-0.4, -0.2) is 22.9 Å². The number of nitrogens with one attached hydrogen (secondary N) is 1. The third kappa shape index (κ3) is 2.98. The molecule has 5 heteroatoms. The molecule has 0 bridgehead atoms. The topological polar surface area (TPSA) is 54.9 Å². The first kappa shape index (κ1) is 11.5. The fraction of sp³-hybridized carbons (Fsp3) is 0.0833. The van der Waals surface area contributed by atoms with Gasteiger partial charge in [0.1, 0.15) is 9.88 Å². The summed E-state index contributed by atoms with van der Waals surface area (Å²) < 4.78 is 0. The molecule has 0 radical (unpaired) electrons. The zero-order valence-corrected chi connectivity index (χ0v) is 10.1. The Hall–Kier alpha value is -2.01. The molecule has 4 nitrogen and oxygen atoms in total. The first-order valence-corrected chi connectivity index (χ1v) is 5.87. The van der Waals surface area contributed by atoms with Crippen molar-refractivity contribution in [3.05, 3.63) is 46.2 Å². The van der Waals surface area contributed by atoms with Crippen molar-refractivity contribution in [2.45, 2.75) is 0 Å². The Bertz CT molecular complexity index is 534. The van der Waals surface area contributed by atoms with Gasteiger partial charge < -0.3 is 5.32 Å². The molecule has 0 aliphatic heterocycles. The highest BCUT2D eigenvalue weighted by atomic mass is 32.1. The lowest BCUT2D eigenvalue weighted by molar-refractivity contribution is 0.0967. The second kappa shape index (κ2) is 5.36. The third-order valence-corrected chi connectivity index (χ3v) is 3.04. The normalized spacial score (nSPS) is 10.6. The lowest BCUT2D eigenvalue weighted by Crippen LogP contribution is -2.16. The average Bonchev–Trinajstić information content (AvgIpc) is 2.85. The molecule has 0 spiro atoms. The molecule has 2 aromatic rings. The number of hydrogen-bond acceptors (Lipinski definition) is 4. The average molecular weight is 245 g/mol. The van der Waals surface area contributed by atoms with Gasteiger partial charge in [-0.25, -0.2) is 4.98 Å². The smallest absolute Gasteiger partial charge is 0.262 e. The standard InChI is InChI=1S/C12H11N3OS/c1-13-12(16)10-8-15-11(17-10)5-4-9-3-2-6-14-7-9/h2-8H,1H3,(H,13,16)/b5-4+. The molecule has 2 aromatic heterocycles. The summed E-state index contributed by atoms with van der Waals surface area (Å²) in [7, 11) is 1.60. The van der Waals surface area contributed by atoms with Crippen LogP contribution in [0.15, 0.2) is 30.7 Å². The molecule has 0 saturated carbocycles. The molecule has 2 rings (SSSR count). The van der Waals surface area contributed by atoms with Gasteiger partial charge >= 0.3 is 0 Å². The van der Waals surface area contributed by atoms with Gasteiger partial charge in [0.2, 0.25) is 0 Å². The van der Waals surface area contributed by atoms with Crippen LogP contribution in [0.3, 0.4) is 0 Å². The molecule has 0 aromatic carbocycles. The number of rotatable bonds is 3. The maximum Gasteiger partial charge on any atom is 0.262 e. The number of pyridine rings is 1. The van der Waals surface area contributed by atoms with E-state index in [9.17, 15) is 4.79 Å². The predicted octanol–water partition coefficient (Wildman–Crippen LogP) is 2.07. The molecule has 0 atom stereocenters. The van der Waals surface area contributed by atoms with Crippen LogP contribution in [0, 0.1) is 0 Å². The zero-order chi connectivity index (χ0) is 12.1. The van der Waals surface area contributed by atoms with E-state index in [4.69, 9.17) is 0 Å². The number of carbonyl (C=O) groups excluding carboxylic acids is 1. The van der Waals surface area contributed by atoms with E-state index in [0.29, 0.717) is 4.88 Å². The molecule has 1 amide bonds. The summed E-state index contributed by atoms with van der Waals surface area (Å²) in [5.74, 6) is -0.108. The van der Waals surface area contributed by atoms with E-state index in [2.05, 4.69) is 15.3 Å². The molecule has 1 N–H and O–H groups in total. The summed E-state index contributed by atoms with van der Waals surface area (Å²) in [5, 5.41) is 3.36. The second-order valence-corrected chi connectivity index (χ2v) is 4.32. The SMILES string of the molecule is CNC(=O)c1cnc(/C=C/c2cccnc2)s1. The number of hydrogen-bond donors (Lipinski definition) is 1. The molecular formula is C12H11N3OS. The molecule has 0 saturated heterocycles. The van der Waals surface area contributed by atoms with Crippen molar-refractivity contribution < 1.29 is 4.79 Å². The Balaban J connectivity index is 2.12. The summed E-state index contributed by atoms with van der Waals surface area (Å²) in [6, 6.07) is 3.83. The minimum Gasteiger partial charge on any atom is -0.354 e. The molecule has 0 aliphatic carbocycles. The van der Waals surface area contributed by atoms with Gasteiger partial charge in [0.05, 0.1) is 6.20 Å². The van der Waals surface area contributed by atoms with Crippen molar-refractivity contribution in [1.29, 1.82) is 0 Å². The van der Waals surface area contributed by atoms with Gasteiger partial charge in [-0.05, 0) is 17.7 Å². The quantitative estimate of drug-likeness (QED) is 0.900. The Morgan fingerprint density at radius 2 is 2.29 bits per heavy atom. The summed E-state index contributed by atoms with van der Waals surface area (Å²) in [4.78, 5) is 20.1. The minimum atomic E-state index is -0.108. The number of aromatic nitrogens is 2. The van der Waals surface area contributed by atoms with E-state index in [1.54, 1.807) is 25.6 Å². The number of amides is 1. The highest BCUT2D eigenvalue weighted by Crippen LogP contribution is 2.15. The van der Waals surface area contributed by atoms with E-state index in [-0.39, 0.29) is 5.91 Å². The van der Waals surface area contributed by atoms with Gasteiger partial charge in [-0.2, -0.15) is 0 Å². The molecule has 17 heavy (non-hydrogen) atoms. The van der Waals surface area contributed by atoms with Crippen LogP contribution in [0.2, 0.25) is 0 Å². The maximum atomic E-state index is 11.3. The monoisotopic (exact) mass is 245 g/mol. The first-order valence-electron chi connectivity index (χ1n) is 5.05. The van der Waals surface area contributed by atoms with E-state index in [1.807, 2.05) is 24.3 Å². The summed E-state index contributed by atoms with van der Waals surface area (Å²) in [5.41, 5.74) is 1.00. The Morgan fingerprint density at radius 1 is 1.41 bits per heavy atom. The summed E-state index contributed by atoms with van der Waals surface area (Å²) in [6.45, 7) is 0. The Labute approximate surface area is 103 Å². The molecular weight excluding hydrogens is 234 g/mol. The molecule has 2 heterocycles. The summed E-state index contributed by atoms with van der Waals surface area (Å²) >= 11 is 1.35. The van der Waals surface area contributed by atoms with Gasteiger partial charge in [-0.15, -0.1) is 11.3 Å². The number of carbonyl (C=O) groups is 1. The lowest BCUT2D eigenvalue weighted by atomic mass is 10.3. The largest absolute Gasteiger partial charge is 0.354 e. The van der Waals surface area contributed by atoms with Crippen LogP contribution in [0.1, 0.15) is 20.2 Å². The van der Waals surface area contributed by atoms with Crippen molar-refractivity contribution in [2.24, 2.45) is 0 Å². The van der Waals surface area contributed by atoms with Gasteiger partial charge in [0.15, 0.2) is 0 Å². The first-order chi connectivity index (χ1) is 8.29. The fourth-order valence-corrected chi connectivity index (χ4v) is 2.00. The van der Waals surface area contributed by atoms with Gasteiger partial charge in [-0.1, -0.05) is 12.1 Å². The minimum absolute atomic E-state index is 0.108. The van der Waals surface area contributed by atoms with E-state index in [0.717, 1.165) is 10.6 Å². The number of thiazole rings is 1. The van der Waals surface area contributed by atoms with Gasteiger partial charge in [0.25, 0.3) is 5.91 Å². The van der Waals surface area contributed by atoms with Crippen LogP contribution >= 0.6 is 11.3 Å². The number of nitrogens with zero attached hydrogens (tertiary/aromatic N) is 2. The van der Waals surface area contributed by atoms with Crippen molar-refractivity contribution in [3.63, 3.8) is 0 Å². The molecule has 0 fully saturated rings. The van der Waals surface area contributed by atoms with Crippen molar-refractivity contribution in [2.75, 3.05) is 7.05 Å². The Morgan fingerprint density at radius 3 is 3.00 bits per heavy atom. The maximum absolute atomic E-state index is 11.3. The van der Waals surface area contributed by atoms with Crippen LogP contribution < -0.4 is 5.32 Å². The highest BCUT2D eigenvalue weighted by molar-refractivity contribution is 7.14. The van der Waals surface area contributed by atoms with Crippen molar-refractivity contribution in [1.82, 2.24) is 15.3 Å². The zero-order valence-electron chi connectivity index (χ0n) is 9.25. The van der Waals surface area contributed by atoms with E-state index in [1.165, 1.54) is 11.3 Å². The fourth-order valence-electron chi connectivity index (χ4n) is 1.23. The van der Waals surface area contributed by atoms with Crippen LogP contribution in [0.5, 0.6) is 0 Å². The van der Waals surface area contributed by atoms with Gasteiger partial charge in [0, 0.05) is 19.4 Å². The lowest BCUT2D eigenvalue weighted by Gasteiger charge is -1.90. The predicted molar refractivity (Wildman–Crippen MR) is 68.7 cm³/mol. The highest BCUT2D eigenvalue weighted by Gasteiger charge is 2.06. The van der Waals surface area contributed by atoms with E-state index < -0.39 is 0 Å². The third-order valence-electron chi connectivity index (χ3n) is 2.08. The second-order valence-electron chi connectivity index (χ2n) is 3.26. The van der Waals surface area contributed by atoms with Crippen molar-refractivity contribution in [3.8, 4) is 0 Å². The van der Waals surface area contributed by atoms with Crippen LogP contribution in [0.25, 0.3) is 12.2 Å². The van der Waals surface area contributed by atoms with Crippen LogP contribution in [-0.2, 0) is 0 Å². The molecule has 0 unspecified atom stereocenters. The molecule has 0 aliphatic rings. The van der Waals surface area contributed by atoms with Crippen molar-refractivity contribution >= 4 is 29.4 Å².